The van der Waals surface area contributed by atoms with Gasteiger partial charge in [-0.2, -0.15) is 0 Å². The Morgan fingerprint density at radius 3 is 1.23 bits per heavy atom. The lowest BCUT2D eigenvalue weighted by Crippen LogP contribution is -2.30. The molecule has 31 heavy (non-hydrogen) atoms. The fraction of sp³-hybridized carbons (Fsp3) is 0.250. The van der Waals surface area contributed by atoms with Crippen LogP contribution in [-0.2, 0) is 0 Å². The second kappa shape index (κ2) is 11.6. The summed E-state index contributed by atoms with van der Waals surface area (Å²) < 4.78 is 6.05. The van der Waals surface area contributed by atoms with Gasteiger partial charge in [-0.1, -0.05) is 48.5 Å². The molecule has 1 aromatic heterocycles. The van der Waals surface area contributed by atoms with Crippen LogP contribution in [0.2, 0.25) is 0 Å². The number of hydrogen-bond acceptors (Lipinski definition) is 3. The fourth-order valence-corrected chi connectivity index (χ4v) is 2.99. The molecule has 2 aromatic carbocycles. The van der Waals surface area contributed by atoms with E-state index in [9.17, 15) is 0 Å². The van der Waals surface area contributed by atoms with Gasteiger partial charge in [0.2, 0.25) is 0 Å². The average molecular weight is 461 g/mol. The largest absolute Gasteiger partial charge is 0.456 e. The highest BCUT2D eigenvalue weighted by Gasteiger charge is 2.10. The zero-order chi connectivity index (χ0) is 21.0. The van der Waals surface area contributed by atoms with Crippen molar-refractivity contribution in [3.63, 3.8) is 0 Å². The van der Waals surface area contributed by atoms with Crippen LogP contribution in [0.15, 0.2) is 65.1 Å². The number of rotatable bonds is 6. The second-order valence-electron chi connectivity index (χ2n) is 7.67. The van der Waals surface area contributed by atoms with Gasteiger partial charge in [-0.25, -0.2) is 0 Å². The Morgan fingerprint density at radius 1 is 0.613 bits per heavy atom. The van der Waals surface area contributed by atoms with Crippen molar-refractivity contribution in [3.05, 3.63) is 71.8 Å². The van der Waals surface area contributed by atoms with Crippen LogP contribution in [0.3, 0.4) is 0 Å². The van der Waals surface area contributed by atoms with Gasteiger partial charge in [0.1, 0.15) is 23.2 Å². The average Bonchev–Trinajstić information content (AvgIpc) is 3.17. The molecule has 0 aliphatic heterocycles. The highest BCUT2D eigenvalue weighted by molar-refractivity contribution is 5.97. The highest BCUT2D eigenvalue weighted by Crippen LogP contribution is 2.29. The lowest BCUT2D eigenvalue weighted by molar-refractivity contribution is 0.597. The predicted molar refractivity (Wildman–Crippen MR) is 134 cm³/mol. The lowest BCUT2D eigenvalue weighted by atomic mass is 10.1. The molecular weight excluding hydrogens is 431 g/mol. The molecule has 4 N–H and O–H groups in total. The van der Waals surface area contributed by atoms with Gasteiger partial charge in [0.15, 0.2) is 0 Å². The summed E-state index contributed by atoms with van der Waals surface area (Å²) in [6.45, 7) is 8.07. The van der Waals surface area contributed by atoms with E-state index in [1.807, 2.05) is 88.4 Å². The summed E-state index contributed by atoms with van der Waals surface area (Å²) in [5, 5.41) is 22.4. The van der Waals surface area contributed by atoms with Crippen molar-refractivity contribution in [2.45, 2.75) is 39.8 Å². The Balaban J connectivity index is 0.00000240. The van der Waals surface area contributed by atoms with E-state index in [-0.39, 0.29) is 36.9 Å². The normalized spacial score (nSPS) is 10.3. The third-order valence-electron chi connectivity index (χ3n) is 4.39. The molecule has 0 aliphatic rings. The van der Waals surface area contributed by atoms with E-state index in [2.05, 4.69) is 10.6 Å². The van der Waals surface area contributed by atoms with Gasteiger partial charge in [-0.05, 0) is 39.8 Å². The van der Waals surface area contributed by atoms with Gasteiger partial charge in [0, 0.05) is 34.3 Å². The molecule has 0 spiro atoms. The quantitative estimate of drug-likeness (QED) is 0.264. The number of hydrogen-bond donors (Lipinski definition) is 4. The van der Waals surface area contributed by atoms with E-state index in [1.165, 1.54) is 0 Å². The van der Waals surface area contributed by atoms with Crippen molar-refractivity contribution in [1.82, 2.24) is 10.6 Å². The van der Waals surface area contributed by atoms with Gasteiger partial charge < -0.3 is 15.1 Å². The third-order valence-corrected chi connectivity index (χ3v) is 4.39. The van der Waals surface area contributed by atoms with Crippen molar-refractivity contribution >= 4 is 36.5 Å². The Bertz CT molecular complexity index is 913. The van der Waals surface area contributed by atoms with E-state index in [0.29, 0.717) is 11.7 Å². The molecular formula is C24H30Cl2N4O. The first-order valence-electron chi connectivity index (χ1n) is 9.85. The third kappa shape index (κ3) is 6.88. The summed E-state index contributed by atoms with van der Waals surface area (Å²) in [4.78, 5) is 0. The molecule has 3 aromatic rings. The van der Waals surface area contributed by atoms with E-state index in [1.54, 1.807) is 0 Å². The number of nitrogens with one attached hydrogen (secondary N) is 4. The first-order valence-corrected chi connectivity index (χ1v) is 9.85. The Hall–Kier alpha value is -2.76. The molecule has 5 nitrogen and oxygen atoms in total. The second-order valence-corrected chi connectivity index (χ2v) is 7.67. The minimum absolute atomic E-state index is 0. The zero-order valence-electron chi connectivity index (χ0n) is 18.2. The Labute approximate surface area is 196 Å². The molecule has 1 heterocycles. The summed E-state index contributed by atoms with van der Waals surface area (Å²) in [6.07, 6.45) is 0. The first kappa shape index (κ1) is 26.3. The fourth-order valence-electron chi connectivity index (χ4n) is 2.99. The monoisotopic (exact) mass is 460 g/mol. The van der Waals surface area contributed by atoms with E-state index >= 15 is 0 Å². The topological polar surface area (TPSA) is 84.9 Å². The maximum atomic E-state index is 8.08. The summed E-state index contributed by atoms with van der Waals surface area (Å²) in [5.74, 6) is 2.41. The maximum Gasteiger partial charge on any atom is 0.134 e. The van der Waals surface area contributed by atoms with Crippen LogP contribution in [-0.4, -0.2) is 23.8 Å². The van der Waals surface area contributed by atoms with Crippen LogP contribution < -0.4 is 10.6 Å². The number of benzene rings is 2. The predicted octanol–water partition coefficient (Wildman–Crippen LogP) is 6.10. The molecule has 0 radical (unpaired) electrons. The van der Waals surface area contributed by atoms with Gasteiger partial charge in [-0.3, -0.25) is 10.8 Å². The standard InChI is InChI=1S/C24H28N4O.2ClH/c1-15(2)27-23(25)19-9-5-17(6-10-19)21-13-14-22(29-21)18-7-11-20(12-8-18)24(26)28-16(3)4;;/h5-16H,1-4H3,(H2,25,27)(H2,26,28);2*1H. The Morgan fingerprint density at radius 2 is 0.935 bits per heavy atom. The van der Waals surface area contributed by atoms with Crippen LogP contribution in [0.4, 0.5) is 0 Å². The summed E-state index contributed by atoms with van der Waals surface area (Å²) >= 11 is 0. The van der Waals surface area contributed by atoms with Crippen molar-refractivity contribution in [2.24, 2.45) is 0 Å². The van der Waals surface area contributed by atoms with E-state index in [0.717, 1.165) is 33.8 Å². The van der Waals surface area contributed by atoms with Crippen molar-refractivity contribution < 1.29 is 4.42 Å². The van der Waals surface area contributed by atoms with Crippen molar-refractivity contribution in [3.8, 4) is 22.6 Å². The first-order chi connectivity index (χ1) is 13.8. The van der Waals surface area contributed by atoms with Gasteiger partial charge >= 0.3 is 0 Å². The van der Waals surface area contributed by atoms with Crippen molar-refractivity contribution in [2.75, 3.05) is 0 Å². The van der Waals surface area contributed by atoms with Crippen LogP contribution >= 0.6 is 24.8 Å². The molecule has 0 amide bonds. The van der Waals surface area contributed by atoms with E-state index < -0.39 is 0 Å². The molecule has 166 valence electrons. The Kier molecular flexibility index (Phi) is 9.82. The molecule has 7 heteroatoms. The van der Waals surface area contributed by atoms with Gasteiger partial charge in [-0.15, -0.1) is 24.8 Å². The van der Waals surface area contributed by atoms with Crippen molar-refractivity contribution in [1.29, 1.82) is 10.8 Å². The van der Waals surface area contributed by atoms with Crippen LogP contribution in [0, 0.1) is 10.8 Å². The molecule has 3 rings (SSSR count). The minimum Gasteiger partial charge on any atom is -0.456 e. The summed E-state index contributed by atoms with van der Waals surface area (Å²) in [6, 6.07) is 20.0. The van der Waals surface area contributed by atoms with Gasteiger partial charge in [0.25, 0.3) is 0 Å². The molecule has 0 saturated carbocycles. The molecule has 0 bridgehead atoms. The van der Waals surface area contributed by atoms with Crippen LogP contribution in [0.5, 0.6) is 0 Å². The van der Waals surface area contributed by atoms with Crippen LogP contribution in [0.25, 0.3) is 22.6 Å². The molecule has 0 unspecified atom stereocenters. The summed E-state index contributed by atoms with van der Waals surface area (Å²) in [7, 11) is 0. The minimum atomic E-state index is 0. The zero-order valence-corrected chi connectivity index (χ0v) is 19.8. The lowest BCUT2D eigenvalue weighted by Gasteiger charge is -2.11. The molecule has 0 atom stereocenters. The van der Waals surface area contributed by atoms with Gasteiger partial charge in [0.05, 0.1) is 0 Å². The molecule has 0 fully saturated rings. The smallest absolute Gasteiger partial charge is 0.134 e. The maximum absolute atomic E-state index is 8.08. The SMILES string of the molecule is CC(C)NC(=N)c1ccc(-c2ccc(-c3ccc(C(=N)NC(C)C)cc3)o2)cc1.Cl.Cl. The summed E-state index contributed by atoms with van der Waals surface area (Å²) in [5.41, 5.74) is 3.64. The van der Waals surface area contributed by atoms with E-state index in [4.69, 9.17) is 15.2 Å². The highest BCUT2D eigenvalue weighted by atomic mass is 35.5. The number of furan rings is 1. The number of halogens is 2. The molecule has 0 saturated heterocycles. The van der Waals surface area contributed by atoms with Crippen LogP contribution in [0.1, 0.15) is 38.8 Å². The number of amidine groups is 2. The molecule has 0 aliphatic carbocycles.